The summed E-state index contributed by atoms with van der Waals surface area (Å²) in [5, 5.41) is 9.06. The Morgan fingerprint density at radius 1 is 0.938 bits per heavy atom. The maximum atomic E-state index is 10.4. The number of rotatable bonds is 7. The van der Waals surface area contributed by atoms with Crippen LogP contribution in [0.25, 0.3) is 12.2 Å². The molecule has 0 aliphatic carbocycles. The average Bonchev–Trinajstić information content (AvgIpc) is 2.78. The molecular weight excluding hydrogens is 424 g/mol. The molecule has 32 heavy (non-hydrogen) atoms. The standard InChI is InChI=1S/C18H23N2O.C7H8O3S/c1-3-20(14-15-21)18-8-6-16(7-9-18)4-5-17-10-12-19(2)13-11-17;1-6-2-4-7(5-3-6)11(8,9)10/h4-13,21H,3,14-15H2,1-2H3;2-5H,1H3,(H,8,9,10)/q+1;/p-1. The second-order valence-corrected chi connectivity index (χ2v) is 8.67. The van der Waals surface area contributed by atoms with Crippen molar-refractivity contribution in [1.82, 2.24) is 0 Å². The first-order valence-corrected chi connectivity index (χ1v) is 11.8. The number of aliphatic hydroxyl groups excluding tert-OH is 1. The van der Waals surface area contributed by atoms with E-state index in [0.29, 0.717) is 6.54 Å². The predicted octanol–water partition coefficient (Wildman–Crippen LogP) is 3.40. The highest BCUT2D eigenvalue weighted by atomic mass is 32.2. The lowest BCUT2D eigenvalue weighted by atomic mass is 10.1. The highest BCUT2D eigenvalue weighted by molar-refractivity contribution is 7.85. The van der Waals surface area contributed by atoms with Crippen molar-refractivity contribution in [1.29, 1.82) is 0 Å². The summed E-state index contributed by atoms with van der Waals surface area (Å²) < 4.78 is 33.2. The van der Waals surface area contributed by atoms with Crippen molar-refractivity contribution in [3.05, 3.63) is 89.7 Å². The molecule has 1 heterocycles. The molecule has 170 valence electrons. The monoisotopic (exact) mass is 454 g/mol. The Hall–Kier alpha value is -3.00. The van der Waals surface area contributed by atoms with Gasteiger partial charge < -0.3 is 14.6 Å². The molecule has 0 aliphatic heterocycles. The third-order valence-corrected chi connectivity index (χ3v) is 5.64. The minimum Gasteiger partial charge on any atom is -0.744 e. The molecule has 0 saturated heterocycles. The quantitative estimate of drug-likeness (QED) is 0.437. The van der Waals surface area contributed by atoms with E-state index < -0.39 is 10.1 Å². The summed E-state index contributed by atoms with van der Waals surface area (Å²) >= 11 is 0. The summed E-state index contributed by atoms with van der Waals surface area (Å²) in [4.78, 5) is 1.98. The number of nitrogens with zero attached hydrogens (tertiary/aromatic N) is 2. The van der Waals surface area contributed by atoms with E-state index >= 15 is 0 Å². The van der Waals surface area contributed by atoms with Crippen molar-refractivity contribution in [2.75, 3.05) is 24.6 Å². The molecule has 0 unspecified atom stereocenters. The Morgan fingerprint density at radius 3 is 1.94 bits per heavy atom. The first-order chi connectivity index (χ1) is 15.2. The second-order valence-electron chi connectivity index (χ2n) is 7.29. The van der Waals surface area contributed by atoms with Gasteiger partial charge in [0.05, 0.1) is 11.5 Å². The average molecular weight is 455 g/mol. The van der Waals surface area contributed by atoms with E-state index in [4.69, 9.17) is 5.11 Å². The van der Waals surface area contributed by atoms with Gasteiger partial charge in [0.25, 0.3) is 0 Å². The van der Waals surface area contributed by atoms with Crippen molar-refractivity contribution in [3.63, 3.8) is 0 Å². The van der Waals surface area contributed by atoms with Gasteiger partial charge in [-0.25, -0.2) is 13.0 Å². The molecule has 6 nitrogen and oxygen atoms in total. The summed E-state index contributed by atoms with van der Waals surface area (Å²) in [6.07, 6.45) is 8.30. The molecule has 2 aromatic carbocycles. The van der Waals surface area contributed by atoms with E-state index in [-0.39, 0.29) is 11.5 Å². The maximum Gasteiger partial charge on any atom is 0.169 e. The first-order valence-electron chi connectivity index (χ1n) is 10.3. The van der Waals surface area contributed by atoms with Crippen molar-refractivity contribution < 1.29 is 22.6 Å². The Bertz CT molecular complexity index is 1090. The van der Waals surface area contributed by atoms with Crippen LogP contribution in [-0.4, -0.2) is 37.8 Å². The summed E-state index contributed by atoms with van der Waals surface area (Å²) in [6, 6.07) is 18.4. The van der Waals surface area contributed by atoms with Crippen LogP contribution in [-0.2, 0) is 17.2 Å². The van der Waals surface area contributed by atoms with Crippen molar-refractivity contribution in [3.8, 4) is 0 Å². The number of aryl methyl sites for hydroxylation is 2. The van der Waals surface area contributed by atoms with Crippen LogP contribution >= 0.6 is 0 Å². The molecule has 0 saturated carbocycles. The van der Waals surface area contributed by atoms with Gasteiger partial charge in [-0.3, -0.25) is 0 Å². The van der Waals surface area contributed by atoms with E-state index in [2.05, 4.69) is 60.4 Å². The summed E-state index contributed by atoms with van der Waals surface area (Å²) in [5.74, 6) is 0. The zero-order chi connectivity index (χ0) is 23.6. The molecule has 1 aromatic heterocycles. The van der Waals surface area contributed by atoms with Gasteiger partial charge in [-0.05, 0) is 49.2 Å². The van der Waals surface area contributed by atoms with Crippen LogP contribution in [0, 0.1) is 6.92 Å². The van der Waals surface area contributed by atoms with E-state index in [1.807, 2.05) is 30.9 Å². The lowest BCUT2D eigenvalue weighted by Crippen LogP contribution is -2.25. The zero-order valence-corrected chi connectivity index (χ0v) is 19.5. The van der Waals surface area contributed by atoms with Gasteiger partial charge in [-0.15, -0.1) is 0 Å². The van der Waals surface area contributed by atoms with Crippen LogP contribution in [0.4, 0.5) is 5.69 Å². The summed E-state index contributed by atoms with van der Waals surface area (Å²) in [5.41, 5.74) is 4.44. The second kappa shape index (κ2) is 12.1. The van der Waals surface area contributed by atoms with Gasteiger partial charge >= 0.3 is 0 Å². The fourth-order valence-electron chi connectivity index (χ4n) is 2.91. The number of aromatic nitrogens is 1. The lowest BCUT2D eigenvalue weighted by Gasteiger charge is -2.21. The molecule has 0 radical (unpaired) electrons. The van der Waals surface area contributed by atoms with E-state index in [9.17, 15) is 13.0 Å². The summed E-state index contributed by atoms with van der Waals surface area (Å²) in [6.45, 7) is 5.67. The molecule has 0 fully saturated rings. The molecule has 0 atom stereocenters. The first kappa shape index (κ1) is 25.3. The molecule has 7 heteroatoms. The molecule has 0 amide bonds. The highest BCUT2D eigenvalue weighted by Crippen LogP contribution is 2.16. The number of hydrogen-bond donors (Lipinski definition) is 1. The number of benzene rings is 2. The van der Waals surface area contributed by atoms with E-state index in [1.54, 1.807) is 12.1 Å². The van der Waals surface area contributed by atoms with E-state index in [1.165, 1.54) is 23.3 Å². The van der Waals surface area contributed by atoms with Gasteiger partial charge in [-0.2, -0.15) is 0 Å². The molecule has 3 aromatic rings. The van der Waals surface area contributed by atoms with Crippen LogP contribution in [0.15, 0.2) is 78.0 Å². The highest BCUT2D eigenvalue weighted by Gasteiger charge is 2.02. The van der Waals surface area contributed by atoms with Crippen LogP contribution in [0.5, 0.6) is 0 Å². The predicted molar refractivity (Wildman–Crippen MR) is 127 cm³/mol. The molecule has 0 bridgehead atoms. The van der Waals surface area contributed by atoms with Crippen LogP contribution < -0.4 is 9.47 Å². The number of hydrogen-bond acceptors (Lipinski definition) is 5. The van der Waals surface area contributed by atoms with Gasteiger partial charge in [0, 0.05) is 30.9 Å². The number of anilines is 1. The van der Waals surface area contributed by atoms with Crippen LogP contribution in [0.2, 0.25) is 0 Å². The molecule has 0 spiro atoms. The Kier molecular flexibility index (Phi) is 9.59. The van der Waals surface area contributed by atoms with Crippen molar-refractivity contribution >= 4 is 28.0 Å². The molecular formula is C25H30N2O4S. The van der Waals surface area contributed by atoms with Crippen LogP contribution in [0.3, 0.4) is 0 Å². The lowest BCUT2D eigenvalue weighted by molar-refractivity contribution is -0.671. The molecule has 0 aliphatic rings. The SMILES string of the molecule is CCN(CCO)c1ccc(/C=C/c2cc[n+](C)cc2)cc1.Cc1ccc(S(=O)(=O)[O-])cc1. The van der Waals surface area contributed by atoms with Gasteiger partial charge in [0.15, 0.2) is 12.4 Å². The topological polar surface area (TPSA) is 84.5 Å². The van der Waals surface area contributed by atoms with Gasteiger partial charge in [0.2, 0.25) is 0 Å². The van der Waals surface area contributed by atoms with Crippen molar-refractivity contribution in [2.45, 2.75) is 18.7 Å². The van der Waals surface area contributed by atoms with Gasteiger partial charge in [-0.1, -0.05) is 42.0 Å². The Balaban J connectivity index is 0.000000278. The van der Waals surface area contributed by atoms with Crippen molar-refractivity contribution in [2.24, 2.45) is 7.05 Å². The normalized spacial score (nSPS) is 11.2. The van der Waals surface area contributed by atoms with Gasteiger partial charge in [0.1, 0.15) is 17.2 Å². The van der Waals surface area contributed by atoms with Crippen LogP contribution in [0.1, 0.15) is 23.6 Å². The fourth-order valence-corrected chi connectivity index (χ4v) is 3.38. The largest absolute Gasteiger partial charge is 0.744 e. The maximum absolute atomic E-state index is 10.4. The summed E-state index contributed by atoms with van der Waals surface area (Å²) in [7, 11) is -2.26. The minimum atomic E-state index is -4.27. The molecule has 1 N–H and O–H groups in total. The zero-order valence-electron chi connectivity index (χ0n) is 18.7. The Morgan fingerprint density at radius 2 is 1.47 bits per heavy atom. The number of pyridine rings is 1. The smallest absolute Gasteiger partial charge is 0.169 e. The number of aliphatic hydroxyl groups is 1. The molecule has 3 rings (SSSR count). The number of likely N-dealkylation sites (N-methyl/N-ethyl adjacent to an activating group) is 1. The third-order valence-electron chi connectivity index (χ3n) is 4.79. The minimum absolute atomic E-state index is 0.178. The fraction of sp³-hybridized carbons (Fsp3) is 0.240. The Labute approximate surface area is 190 Å². The third kappa shape index (κ3) is 8.26. The van der Waals surface area contributed by atoms with E-state index in [0.717, 1.165) is 17.8 Å².